The van der Waals surface area contributed by atoms with Crippen molar-refractivity contribution in [3.63, 3.8) is 0 Å². The zero-order valence-corrected chi connectivity index (χ0v) is 12.5. The van der Waals surface area contributed by atoms with Gasteiger partial charge in [-0.25, -0.2) is 0 Å². The summed E-state index contributed by atoms with van der Waals surface area (Å²) >= 11 is 3.38. The smallest absolute Gasteiger partial charge is 0.268 e. The van der Waals surface area contributed by atoms with Crippen molar-refractivity contribution in [2.45, 2.75) is 0 Å². The molecule has 0 fully saturated rings. The van der Waals surface area contributed by atoms with Gasteiger partial charge in [0, 0.05) is 16.7 Å². The summed E-state index contributed by atoms with van der Waals surface area (Å²) in [5.74, 6) is -0.909. The molecule has 0 saturated heterocycles. The summed E-state index contributed by atoms with van der Waals surface area (Å²) in [7, 11) is 0. The Bertz CT molecular complexity index is 672. The Balaban J connectivity index is 1.88. The molecule has 0 aliphatic rings. The zero-order valence-electron chi connectivity index (χ0n) is 10.9. The molecule has 1 aromatic carbocycles. The van der Waals surface area contributed by atoms with Crippen molar-refractivity contribution in [2.24, 2.45) is 0 Å². The number of amides is 2. The molecule has 1 heterocycles. The molecular formula is C15H12BrN3O2. The van der Waals surface area contributed by atoms with Crippen LogP contribution in [0.2, 0.25) is 0 Å². The molecule has 0 bridgehead atoms. The highest BCUT2D eigenvalue weighted by Gasteiger charge is 2.06. The van der Waals surface area contributed by atoms with Gasteiger partial charge < -0.3 is 0 Å². The largest absolute Gasteiger partial charge is 0.288 e. The number of hydrogen-bond acceptors (Lipinski definition) is 3. The summed E-state index contributed by atoms with van der Waals surface area (Å²) in [4.78, 5) is 27.1. The van der Waals surface area contributed by atoms with Crippen molar-refractivity contribution in [3.8, 4) is 0 Å². The van der Waals surface area contributed by atoms with Gasteiger partial charge >= 0.3 is 0 Å². The van der Waals surface area contributed by atoms with Crippen LogP contribution in [0.4, 0.5) is 0 Å². The molecule has 0 saturated carbocycles. The Kier molecular flexibility index (Phi) is 5.22. The minimum atomic E-state index is -0.474. The molecule has 5 nitrogen and oxygen atoms in total. The molecule has 1 aromatic heterocycles. The monoisotopic (exact) mass is 345 g/mol. The predicted molar refractivity (Wildman–Crippen MR) is 83.0 cm³/mol. The minimum absolute atomic E-state index is 0.229. The van der Waals surface area contributed by atoms with Crippen LogP contribution in [0, 0.1) is 0 Å². The molecule has 2 rings (SSSR count). The third kappa shape index (κ3) is 4.54. The number of pyridine rings is 1. The van der Waals surface area contributed by atoms with Gasteiger partial charge in [0.25, 0.3) is 11.8 Å². The first-order valence-electron chi connectivity index (χ1n) is 6.11. The van der Waals surface area contributed by atoms with Gasteiger partial charge in [-0.15, -0.1) is 0 Å². The van der Waals surface area contributed by atoms with E-state index in [1.807, 2.05) is 24.3 Å². The predicted octanol–water partition coefficient (Wildman–Crippen LogP) is 2.32. The van der Waals surface area contributed by atoms with E-state index in [9.17, 15) is 9.59 Å². The van der Waals surface area contributed by atoms with E-state index in [0.29, 0.717) is 0 Å². The Morgan fingerprint density at radius 1 is 1.05 bits per heavy atom. The summed E-state index contributed by atoms with van der Waals surface area (Å²) in [6, 6.07) is 12.4. The summed E-state index contributed by atoms with van der Waals surface area (Å²) in [6.45, 7) is 0. The van der Waals surface area contributed by atoms with E-state index >= 15 is 0 Å². The quantitative estimate of drug-likeness (QED) is 0.662. The number of nitrogens with zero attached hydrogens (tertiary/aromatic N) is 1. The van der Waals surface area contributed by atoms with Crippen molar-refractivity contribution in [2.75, 3.05) is 0 Å². The highest BCUT2D eigenvalue weighted by Crippen LogP contribution is 2.16. The van der Waals surface area contributed by atoms with E-state index in [1.54, 1.807) is 24.3 Å². The minimum Gasteiger partial charge on any atom is -0.268 e. The van der Waals surface area contributed by atoms with Crippen LogP contribution in [-0.4, -0.2) is 16.8 Å². The van der Waals surface area contributed by atoms with Crippen molar-refractivity contribution in [3.05, 3.63) is 70.5 Å². The molecule has 2 N–H and O–H groups in total. The van der Waals surface area contributed by atoms with Crippen LogP contribution in [-0.2, 0) is 4.79 Å². The molecule has 0 unspecified atom stereocenters. The average Bonchev–Trinajstić information content (AvgIpc) is 2.52. The molecular weight excluding hydrogens is 334 g/mol. The summed E-state index contributed by atoms with van der Waals surface area (Å²) in [6.07, 6.45) is 4.48. The van der Waals surface area contributed by atoms with Gasteiger partial charge in [0.05, 0.1) is 0 Å². The molecule has 0 spiro atoms. The van der Waals surface area contributed by atoms with Gasteiger partial charge in [-0.05, 0) is 29.8 Å². The first-order chi connectivity index (χ1) is 10.2. The maximum atomic E-state index is 11.7. The van der Waals surface area contributed by atoms with Crippen molar-refractivity contribution in [1.29, 1.82) is 0 Å². The number of nitrogens with one attached hydrogen (secondary N) is 2. The normalized spacial score (nSPS) is 10.3. The number of carbonyl (C=O) groups excluding carboxylic acids is 2. The molecule has 0 aliphatic heterocycles. The maximum Gasteiger partial charge on any atom is 0.288 e. The van der Waals surface area contributed by atoms with E-state index in [2.05, 4.69) is 31.8 Å². The fourth-order valence-electron chi connectivity index (χ4n) is 1.50. The van der Waals surface area contributed by atoms with Gasteiger partial charge in [0.1, 0.15) is 5.69 Å². The lowest BCUT2D eigenvalue weighted by atomic mass is 10.2. The van der Waals surface area contributed by atoms with E-state index in [-0.39, 0.29) is 5.69 Å². The standard InChI is InChI=1S/C15H12BrN3O2/c16-12-6-2-1-5-11(12)8-9-14(20)18-19-15(21)13-7-3-4-10-17-13/h1-10H,(H,18,20)(H,19,21)/b9-8+. The molecule has 2 amide bonds. The van der Waals surface area contributed by atoms with E-state index in [4.69, 9.17) is 0 Å². The van der Waals surface area contributed by atoms with E-state index < -0.39 is 11.8 Å². The zero-order chi connectivity index (χ0) is 15.1. The lowest BCUT2D eigenvalue weighted by Crippen LogP contribution is -2.41. The van der Waals surface area contributed by atoms with Crippen LogP contribution in [0.1, 0.15) is 16.1 Å². The fourth-order valence-corrected chi connectivity index (χ4v) is 1.91. The number of benzene rings is 1. The molecule has 2 aromatic rings. The van der Waals surface area contributed by atoms with E-state index in [1.165, 1.54) is 12.3 Å². The number of hydrazine groups is 1. The van der Waals surface area contributed by atoms with Gasteiger partial charge in [-0.2, -0.15) is 0 Å². The van der Waals surface area contributed by atoms with Crippen LogP contribution in [0.5, 0.6) is 0 Å². The van der Waals surface area contributed by atoms with Crippen LogP contribution < -0.4 is 10.9 Å². The van der Waals surface area contributed by atoms with Crippen LogP contribution in [0.25, 0.3) is 6.08 Å². The fraction of sp³-hybridized carbons (Fsp3) is 0. The lowest BCUT2D eigenvalue weighted by Gasteiger charge is -2.04. The summed E-state index contributed by atoms with van der Waals surface area (Å²) in [5.41, 5.74) is 5.67. The Morgan fingerprint density at radius 2 is 1.81 bits per heavy atom. The number of hydrogen-bond donors (Lipinski definition) is 2. The van der Waals surface area contributed by atoms with E-state index in [0.717, 1.165) is 10.0 Å². The second-order valence-electron chi connectivity index (χ2n) is 4.01. The SMILES string of the molecule is O=C(/C=C/c1ccccc1Br)NNC(=O)c1ccccn1. The molecule has 6 heteroatoms. The Hall–Kier alpha value is -2.47. The maximum absolute atomic E-state index is 11.7. The van der Waals surface area contributed by atoms with Gasteiger partial charge in [-0.1, -0.05) is 40.2 Å². The summed E-state index contributed by atoms with van der Waals surface area (Å²) < 4.78 is 0.881. The molecule has 21 heavy (non-hydrogen) atoms. The number of aromatic nitrogens is 1. The third-order valence-corrected chi connectivity index (χ3v) is 3.24. The van der Waals surface area contributed by atoms with Crippen molar-refractivity contribution < 1.29 is 9.59 Å². The second-order valence-corrected chi connectivity index (χ2v) is 4.87. The molecule has 0 aliphatic carbocycles. The first kappa shape index (κ1) is 14.9. The second kappa shape index (κ2) is 7.35. The van der Waals surface area contributed by atoms with Crippen molar-refractivity contribution >= 4 is 33.8 Å². The lowest BCUT2D eigenvalue weighted by molar-refractivity contribution is -0.117. The molecule has 0 radical (unpaired) electrons. The first-order valence-corrected chi connectivity index (χ1v) is 6.90. The molecule has 106 valence electrons. The van der Waals surface area contributed by atoms with Gasteiger partial charge in [0.2, 0.25) is 0 Å². The van der Waals surface area contributed by atoms with Crippen LogP contribution in [0.3, 0.4) is 0 Å². The molecule has 0 atom stereocenters. The topological polar surface area (TPSA) is 71.1 Å². The average molecular weight is 346 g/mol. The number of halogens is 1. The summed E-state index contributed by atoms with van der Waals surface area (Å²) in [5, 5.41) is 0. The van der Waals surface area contributed by atoms with Gasteiger partial charge in [0.15, 0.2) is 0 Å². The van der Waals surface area contributed by atoms with Gasteiger partial charge in [-0.3, -0.25) is 25.4 Å². The van der Waals surface area contributed by atoms with Crippen molar-refractivity contribution in [1.82, 2.24) is 15.8 Å². The van der Waals surface area contributed by atoms with Crippen LogP contribution in [0.15, 0.2) is 59.2 Å². The van der Waals surface area contributed by atoms with Crippen LogP contribution >= 0.6 is 15.9 Å². The highest BCUT2D eigenvalue weighted by atomic mass is 79.9. The number of rotatable bonds is 3. The third-order valence-electron chi connectivity index (χ3n) is 2.52. The number of carbonyl (C=O) groups is 2. The highest BCUT2D eigenvalue weighted by molar-refractivity contribution is 9.10. The Morgan fingerprint density at radius 3 is 2.52 bits per heavy atom. The Labute approximate surface area is 130 Å².